The van der Waals surface area contributed by atoms with E-state index in [1.807, 2.05) is 5.38 Å². The number of amides is 1. The van der Waals surface area contributed by atoms with Gasteiger partial charge in [0.2, 0.25) is 0 Å². The van der Waals surface area contributed by atoms with Gasteiger partial charge in [-0.05, 0) is 45.6 Å². The third-order valence-electron chi connectivity index (χ3n) is 4.48. The van der Waals surface area contributed by atoms with Crippen molar-refractivity contribution in [3.8, 4) is 0 Å². The van der Waals surface area contributed by atoms with Crippen LogP contribution < -0.4 is 10.6 Å². The molecule has 29 heavy (non-hydrogen) atoms. The van der Waals surface area contributed by atoms with E-state index in [1.165, 1.54) is 17.4 Å². The Morgan fingerprint density at radius 3 is 2.79 bits per heavy atom. The van der Waals surface area contributed by atoms with Crippen LogP contribution in [0.15, 0.2) is 46.3 Å². The molecule has 1 aliphatic heterocycles. The van der Waals surface area contributed by atoms with E-state index in [0.717, 1.165) is 9.56 Å². The minimum absolute atomic E-state index is 0.119. The number of benzene rings is 1. The van der Waals surface area contributed by atoms with Crippen LogP contribution in [0.3, 0.4) is 0 Å². The van der Waals surface area contributed by atoms with Crippen LogP contribution >= 0.6 is 38.9 Å². The second-order valence-electron chi connectivity index (χ2n) is 6.43. The van der Waals surface area contributed by atoms with Crippen LogP contribution in [0.5, 0.6) is 0 Å². The fraction of sp³-hybridized carbons (Fsp3) is 0.222. The largest absolute Gasteiger partial charge is 0.410 e. The van der Waals surface area contributed by atoms with E-state index in [0.29, 0.717) is 10.7 Å². The van der Waals surface area contributed by atoms with Gasteiger partial charge in [0.05, 0.1) is 10.5 Å². The number of nitrogens with one attached hydrogen (secondary N) is 2. The first-order valence-electron chi connectivity index (χ1n) is 8.45. The molecule has 152 valence electrons. The molecule has 1 aromatic carbocycles. The summed E-state index contributed by atoms with van der Waals surface area (Å²) < 4.78 is 42.3. The lowest BCUT2D eigenvalue weighted by Crippen LogP contribution is -2.35. The molecule has 4 rings (SSSR count). The third kappa shape index (κ3) is 4.01. The molecule has 0 saturated heterocycles. The second kappa shape index (κ2) is 7.66. The van der Waals surface area contributed by atoms with Gasteiger partial charge in [-0.25, -0.2) is 4.68 Å². The Kier molecular flexibility index (Phi) is 5.34. The van der Waals surface area contributed by atoms with Gasteiger partial charge >= 0.3 is 6.18 Å². The van der Waals surface area contributed by atoms with Gasteiger partial charge in [-0.1, -0.05) is 23.7 Å². The molecular weight excluding hydrogens is 493 g/mol. The smallest absolute Gasteiger partial charge is 0.362 e. The van der Waals surface area contributed by atoms with E-state index in [9.17, 15) is 18.0 Å². The molecule has 2 aromatic heterocycles. The quantitative estimate of drug-likeness (QED) is 0.441. The van der Waals surface area contributed by atoms with Gasteiger partial charge in [-0.15, -0.1) is 11.3 Å². The summed E-state index contributed by atoms with van der Waals surface area (Å²) in [5.41, 5.74) is 0.269. The van der Waals surface area contributed by atoms with Crippen LogP contribution in [0, 0.1) is 0 Å². The zero-order valence-corrected chi connectivity index (χ0v) is 17.7. The fourth-order valence-electron chi connectivity index (χ4n) is 3.17. The van der Waals surface area contributed by atoms with Crippen molar-refractivity contribution in [2.75, 3.05) is 10.6 Å². The van der Waals surface area contributed by atoms with Crippen molar-refractivity contribution in [3.05, 3.63) is 61.8 Å². The van der Waals surface area contributed by atoms with Gasteiger partial charge < -0.3 is 10.6 Å². The molecule has 2 atom stereocenters. The van der Waals surface area contributed by atoms with Crippen molar-refractivity contribution in [3.63, 3.8) is 0 Å². The predicted molar refractivity (Wildman–Crippen MR) is 110 cm³/mol. The van der Waals surface area contributed by atoms with Crippen molar-refractivity contribution in [1.82, 2.24) is 9.78 Å². The van der Waals surface area contributed by atoms with Crippen LogP contribution in [-0.4, -0.2) is 21.9 Å². The van der Waals surface area contributed by atoms with Crippen molar-refractivity contribution in [2.45, 2.75) is 24.7 Å². The minimum Gasteiger partial charge on any atom is -0.362 e. The fourth-order valence-corrected chi connectivity index (χ4v) is 4.70. The maximum absolute atomic E-state index is 13.8. The normalized spacial score (nSPS) is 18.8. The highest BCUT2D eigenvalue weighted by atomic mass is 79.9. The Balaban J connectivity index is 1.70. The number of hydrogen-bond donors (Lipinski definition) is 2. The van der Waals surface area contributed by atoms with Gasteiger partial charge in [0.25, 0.3) is 5.91 Å². The molecule has 11 heteroatoms. The summed E-state index contributed by atoms with van der Waals surface area (Å²) in [4.78, 5) is 13.4. The maximum atomic E-state index is 13.8. The maximum Gasteiger partial charge on any atom is 0.410 e. The van der Waals surface area contributed by atoms with Crippen molar-refractivity contribution >= 4 is 56.3 Å². The number of nitrogens with zero attached hydrogens (tertiary/aromatic N) is 2. The van der Waals surface area contributed by atoms with Crippen molar-refractivity contribution < 1.29 is 18.0 Å². The number of rotatable bonds is 3. The summed E-state index contributed by atoms with van der Waals surface area (Å²) in [5, 5.41) is 11.9. The molecule has 2 N–H and O–H groups in total. The number of hydrogen-bond acceptors (Lipinski definition) is 4. The Morgan fingerprint density at radius 1 is 1.34 bits per heavy atom. The first-order chi connectivity index (χ1) is 13.7. The van der Waals surface area contributed by atoms with Crippen molar-refractivity contribution in [1.29, 1.82) is 0 Å². The molecule has 0 aliphatic carbocycles. The molecule has 0 bridgehead atoms. The van der Waals surface area contributed by atoms with Gasteiger partial charge in [0, 0.05) is 22.0 Å². The Bertz CT molecular complexity index is 1050. The molecule has 0 unspecified atom stereocenters. The van der Waals surface area contributed by atoms with Crippen LogP contribution in [0.1, 0.15) is 33.9 Å². The number of carbonyl (C=O) groups is 1. The monoisotopic (exact) mass is 504 g/mol. The number of aromatic nitrogens is 2. The van der Waals surface area contributed by atoms with Crippen LogP contribution in [0.2, 0.25) is 5.02 Å². The van der Waals surface area contributed by atoms with E-state index in [4.69, 9.17) is 11.6 Å². The summed E-state index contributed by atoms with van der Waals surface area (Å²) in [6.45, 7) is 0. The van der Waals surface area contributed by atoms with E-state index in [1.54, 1.807) is 30.3 Å². The van der Waals surface area contributed by atoms with Crippen LogP contribution in [0.25, 0.3) is 0 Å². The summed E-state index contributed by atoms with van der Waals surface area (Å²) in [5.74, 6) is -0.523. The van der Waals surface area contributed by atoms with E-state index < -0.39 is 24.2 Å². The first kappa shape index (κ1) is 20.2. The molecule has 0 spiro atoms. The molecule has 0 saturated carbocycles. The Hall–Kier alpha value is -2.04. The lowest BCUT2D eigenvalue weighted by molar-refractivity contribution is -0.173. The molecule has 0 fully saturated rings. The third-order valence-corrected chi connectivity index (χ3v) is 6.45. The van der Waals surface area contributed by atoms with Crippen LogP contribution in [-0.2, 0) is 0 Å². The topological polar surface area (TPSA) is 59.0 Å². The summed E-state index contributed by atoms with van der Waals surface area (Å²) in [6, 6.07) is 7.63. The molecular formula is C18H13BrClF3N4OS. The summed E-state index contributed by atoms with van der Waals surface area (Å²) in [7, 11) is 0. The lowest BCUT2D eigenvalue weighted by Gasteiger charge is -2.33. The highest BCUT2D eigenvalue weighted by Crippen LogP contribution is 2.46. The minimum atomic E-state index is -4.52. The Morgan fingerprint density at radius 2 is 2.14 bits per heavy atom. The van der Waals surface area contributed by atoms with E-state index in [-0.39, 0.29) is 22.4 Å². The Labute approximate surface area is 181 Å². The highest BCUT2D eigenvalue weighted by Gasteiger charge is 2.48. The number of anilines is 2. The number of thiophene rings is 1. The molecule has 1 amide bonds. The van der Waals surface area contributed by atoms with Crippen molar-refractivity contribution in [2.24, 2.45) is 0 Å². The number of alkyl halides is 3. The molecule has 3 aromatic rings. The zero-order valence-electron chi connectivity index (χ0n) is 14.5. The number of halogens is 5. The zero-order chi connectivity index (χ0) is 20.8. The lowest BCUT2D eigenvalue weighted by atomic mass is 10.0. The predicted octanol–water partition coefficient (Wildman–Crippen LogP) is 6.27. The SMILES string of the molecule is O=C(Nc1cccc(Cl)c1)c1nn2c(c1Br)N[C@@H](c1cccs1)C[C@@H]2C(F)(F)F. The number of carbonyl (C=O) groups excluding carboxylic acids is 1. The van der Waals surface area contributed by atoms with Gasteiger partial charge in [-0.2, -0.15) is 18.3 Å². The summed E-state index contributed by atoms with van der Waals surface area (Å²) in [6.07, 6.45) is -4.74. The average Bonchev–Trinajstić information content (AvgIpc) is 3.29. The number of fused-ring (bicyclic) bond motifs is 1. The standard InChI is InChI=1S/C18H13BrClF3N4OS/c19-14-15(17(28)24-10-4-1-3-9(20)7-10)26-27-13(18(21,22)23)8-11(25-16(14)27)12-5-2-6-29-12/h1-7,11,13,25H,8H2,(H,24,28)/t11-,13-/m1/s1. The summed E-state index contributed by atoms with van der Waals surface area (Å²) >= 11 is 10.5. The second-order valence-corrected chi connectivity index (χ2v) is 8.63. The average molecular weight is 506 g/mol. The van der Waals surface area contributed by atoms with E-state index in [2.05, 4.69) is 31.7 Å². The van der Waals surface area contributed by atoms with E-state index >= 15 is 0 Å². The molecule has 0 radical (unpaired) electrons. The van der Waals surface area contributed by atoms with Gasteiger partial charge in [-0.3, -0.25) is 4.79 Å². The van der Waals surface area contributed by atoms with Gasteiger partial charge in [0.15, 0.2) is 11.7 Å². The molecule has 5 nitrogen and oxygen atoms in total. The van der Waals surface area contributed by atoms with Crippen LogP contribution in [0.4, 0.5) is 24.7 Å². The highest BCUT2D eigenvalue weighted by molar-refractivity contribution is 9.10. The molecule has 3 heterocycles. The first-order valence-corrected chi connectivity index (χ1v) is 10.5. The van der Waals surface area contributed by atoms with Gasteiger partial charge in [0.1, 0.15) is 5.82 Å². The molecule has 1 aliphatic rings.